The molecule has 0 aromatic rings. The molecular formula is C7H11NO3. The average Bonchev–Trinajstić information content (AvgIpc) is 2.36. The zero-order chi connectivity index (χ0) is 8.27. The van der Waals surface area contributed by atoms with Crippen molar-refractivity contribution in [3.05, 3.63) is 0 Å². The van der Waals surface area contributed by atoms with Gasteiger partial charge in [-0.1, -0.05) is 6.42 Å². The summed E-state index contributed by atoms with van der Waals surface area (Å²) in [5.74, 6) is -1.18. The van der Waals surface area contributed by atoms with E-state index in [4.69, 9.17) is 5.11 Å². The van der Waals surface area contributed by atoms with Gasteiger partial charge < -0.3 is 10.4 Å². The summed E-state index contributed by atoms with van der Waals surface area (Å²) >= 11 is 0. The number of nitrogens with one attached hydrogen (secondary N) is 1. The standard InChI is InChI=1S/C7H11NO3/c9-4-8-6-3-1-2-5(6)7(10)11/h4-6H,1-3H2,(H,8,9)(H,10,11)/t5-,6+/m0/s1. The molecule has 0 heterocycles. The van der Waals surface area contributed by atoms with Gasteiger partial charge in [0.15, 0.2) is 0 Å². The highest BCUT2D eigenvalue weighted by atomic mass is 16.4. The van der Waals surface area contributed by atoms with Crippen LogP contribution in [0.15, 0.2) is 0 Å². The van der Waals surface area contributed by atoms with Gasteiger partial charge in [-0.2, -0.15) is 0 Å². The Morgan fingerprint density at radius 3 is 2.82 bits per heavy atom. The minimum atomic E-state index is -0.804. The van der Waals surface area contributed by atoms with Crippen molar-refractivity contribution in [1.29, 1.82) is 0 Å². The molecule has 0 saturated heterocycles. The van der Waals surface area contributed by atoms with Crippen molar-refractivity contribution in [3.63, 3.8) is 0 Å². The maximum Gasteiger partial charge on any atom is 0.308 e. The van der Waals surface area contributed by atoms with E-state index >= 15 is 0 Å². The van der Waals surface area contributed by atoms with Gasteiger partial charge in [-0.15, -0.1) is 0 Å². The van der Waals surface area contributed by atoms with E-state index < -0.39 is 5.97 Å². The van der Waals surface area contributed by atoms with E-state index in [0.29, 0.717) is 12.8 Å². The van der Waals surface area contributed by atoms with Crippen LogP contribution in [0.5, 0.6) is 0 Å². The minimum Gasteiger partial charge on any atom is -0.481 e. The topological polar surface area (TPSA) is 66.4 Å². The summed E-state index contributed by atoms with van der Waals surface area (Å²) in [7, 11) is 0. The van der Waals surface area contributed by atoms with Crippen LogP contribution >= 0.6 is 0 Å². The molecule has 1 aliphatic carbocycles. The fraction of sp³-hybridized carbons (Fsp3) is 0.714. The number of aliphatic carboxylic acids is 1. The molecule has 1 saturated carbocycles. The van der Waals surface area contributed by atoms with Crippen LogP contribution in [-0.4, -0.2) is 23.5 Å². The molecule has 0 aromatic heterocycles. The van der Waals surface area contributed by atoms with E-state index in [1.54, 1.807) is 0 Å². The third-order valence-corrected chi connectivity index (χ3v) is 2.12. The summed E-state index contributed by atoms with van der Waals surface area (Å²) in [6.07, 6.45) is 2.94. The molecule has 0 unspecified atom stereocenters. The van der Waals surface area contributed by atoms with E-state index in [0.717, 1.165) is 12.8 Å². The molecule has 2 atom stereocenters. The van der Waals surface area contributed by atoms with Gasteiger partial charge in [0.05, 0.1) is 5.92 Å². The van der Waals surface area contributed by atoms with Gasteiger partial charge in [-0.25, -0.2) is 0 Å². The molecule has 0 aliphatic heterocycles. The molecule has 11 heavy (non-hydrogen) atoms. The largest absolute Gasteiger partial charge is 0.481 e. The Hall–Kier alpha value is -1.06. The van der Waals surface area contributed by atoms with Gasteiger partial charge in [0.1, 0.15) is 0 Å². The Balaban J connectivity index is 2.50. The Morgan fingerprint density at radius 1 is 1.55 bits per heavy atom. The van der Waals surface area contributed by atoms with Crippen LogP contribution in [-0.2, 0) is 9.59 Å². The number of carbonyl (C=O) groups is 2. The molecule has 0 bridgehead atoms. The first-order valence-electron chi connectivity index (χ1n) is 3.68. The molecule has 1 amide bonds. The number of rotatable bonds is 3. The highest BCUT2D eigenvalue weighted by Gasteiger charge is 2.32. The Kier molecular flexibility index (Phi) is 2.46. The van der Waals surface area contributed by atoms with Crippen LogP contribution in [0.1, 0.15) is 19.3 Å². The Bertz CT molecular complexity index is 169. The lowest BCUT2D eigenvalue weighted by molar-refractivity contribution is -0.142. The van der Waals surface area contributed by atoms with Crippen LogP contribution in [0.2, 0.25) is 0 Å². The highest BCUT2D eigenvalue weighted by Crippen LogP contribution is 2.25. The van der Waals surface area contributed by atoms with Crippen LogP contribution in [0.3, 0.4) is 0 Å². The van der Waals surface area contributed by atoms with E-state index in [1.807, 2.05) is 0 Å². The number of hydrogen-bond donors (Lipinski definition) is 2. The summed E-state index contributed by atoms with van der Waals surface area (Å²) in [5.41, 5.74) is 0. The predicted molar refractivity (Wildman–Crippen MR) is 38.0 cm³/mol. The quantitative estimate of drug-likeness (QED) is 0.566. The Labute approximate surface area is 64.6 Å². The third-order valence-electron chi connectivity index (χ3n) is 2.12. The molecule has 1 aliphatic rings. The maximum absolute atomic E-state index is 10.5. The Morgan fingerprint density at radius 2 is 2.27 bits per heavy atom. The fourth-order valence-corrected chi connectivity index (χ4v) is 1.54. The third kappa shape index (κ3) is 1.69. The lowest BCUT2D eigenvalue weighted by Crippen LogP contribution is -2.35. The first-order valence-corrected chi connectivity index (χ1v) is 3.68. The van der Waals surface area contributed by atoms with E-state index in [2.05, 4.69) is 5.32 Å². The molecule has 2 N–H and O–H groups in total. The lowest BCUT2D eigenvalue weighted by atomic mass is 10.0. The SMILES string of the molecule is O=CN[C@@H]1CCC[C@@H]1C(=O)O. The minimum absolute atomic E-state index is 0.148. The number of carboxylic acids is 1. The summed E-state index contributed by atoms with van der Waals surface area (Å²) in [5, 5.41) is 11.2. The highest BCUT2D eigenvalue weighted by molar-refractivity contribution is 5.71. The van der Waals surface area contributed by atoms with Crippen molar-refractivity contribution in [2.45, 2.75) is 25.3 Å². The number of hydrogen-bond acceptors (Lipinski definition) is 2. The maximum atomic E-state index is 10.5. The molecule has 4 nitrogen and oxygen atoms in total. The zero-order valence-corrected chi connectivity index (χ0v) is 6.12. The summed E-state index contributed by atoms with van der Waals surface area (Å²) in [6, 6.07) is -0.148. The number of amides is 1. The van der Waals surface area contributed by atoms with Crippen LogP contribution in [0, 0.1) is 5.92 Å². The molecule has 62 valence electrons. The first kappa shape index (κ1) is 8.04. The summed E-state index contributed by atoms with van der Waals surface area (Å²) in [6.45, 7) is 0. The average molecular weight is 157 g/mol. The van der Waals surface area contributed by atoms with Gasteiger partial charge in [-0.3, -0.25) is 9.59 Å². The van der Waals surface area contributed by atoms with Crippen molar-refractivity contribution in [2.75, 3.05) is 0 Å². The van der Waals surface area contributed by atoms with Crippen molar-refractivity contribution in [3.8, 4) is 0 Å². The van der Waals surface area contributed by atoms with Crippen LogP contribution < -0.4 is 5.32 Å². The van der Waals surface area contributed by atoms with E-state index in [9.17, 15) is 9.59 Å². The van der Waals surface area contributed by atoms with E-state index in [-0.39, 0.29) is 12.0 Å². The van der Waals surface area contributed by atoms with Crippen LogP contribution in [0.4, 0.5) is 0 Å². The predicted octanol–water partition coefficient (Wildman–Crippen LogP) is -0.0143. The van der Waals surface area contributed by atoms with Crippen molar-refractivity contribution in [2.24, 2.45) is 5.92 Å². The second-order valence-electron chi connectivity index (χ2n) is 2.77. The number of carboxylic acid groups (broad SMARTS) is 1. The van der Waals surface area contributed by atoms with Gasteiger partial charge in [0.2, 0.25) is 6.41 Å². The molecule has 0 aromatic carbocycles. The monoisotopic (exact) mass is 157 g/mol. The normalized spacial score (nSPS) is 29.8. The van der Waals surface area contributed by atoms with Crippen molar-refractivity contribution < 1.29 is 14.7 Å². The first-order chi connectivity index (χ1) is 5.25. The molecular weight excluding hydrogens is 146 g/mol. The molecule has 4 heteroatoms. The van der Waals surface area contributed by atoms with Crippen molar-refractivity contribution in [1.82, 2.24) is 5.32 Å². The fourth-order valence-electron chi connectivity index (χ4n) is 1.54. The van der Waals surface area contributed by atoms with Crippen LogP contribution in [0.25, 0.3) is 0 Å². The van der Waals surface area contributed by atoms with E-state index in [1.165, 1.54) is 0 Å². The number of carbonyl (C=O) groups excluding carboxylic acids is 1. The molecule has 1 fully saturated rings. The summed E-state index contributed by atoms with van der Waals surface area (Å²) in [4.78, 5) is 20.6. The molecule has 1 rings (SSSR count). The second kappa shape index (κ2) is 3.37. The molecule has 0 radical (unpaired) electrons. The second-order valence-corrected chi connectivity index (χ2v) is 2.77. The smallest absolute Gasteiger partial charge is 0.308 e. The van der Waals surface area contributed by atoms with Gasteiger partial charge >= 0.3 is 5.97 Å². The van der Waals surface area contributed by atoms with Gasteiger partial charge in [-0.05, 0) is 12.8 Å². The lowest BCUT2D eigenvalue weighted by Gasteiger charge is -2.13. The summed E-state index contributed by atoms with van der Waals surface area (Å²) < 4.78 is 0. The zero-order valence-electron chi connectivity index (χ0n) is 6.12. The van der Waals surface area contributed by atoms with Gasteiger partial charge in [0, 0.05) is 6.04 Å². The van der Waals surface area contributed by atoms with Crippen molar-refractivity contribution >= 4 is 12.4 Å². The van der Waals surface area contributed by atoms with Gasteiger partial charge in [0.25, 0.3) is 0 Å². The molecule has 0 spiro atoms.